The van der Waals surface area contributed by atoms with E-state index in [1.54, 1.807) is 12.1 Å². The zero-order chi connectivity index (χ0) is 14.3. The van der Waals surface area contributed by atoms with Crippen molar-refractivity contribution in [2.24, 2.45) is 5.41 Å². The molecule has 106 valence electrons. The summed E-state index contributed by atoms with van der Waals surface area (Å²) in [6.07, 6.45) is 0. The first-order valence-electron chi connectivity index (χ1n) is 6.67. The molecule has 3 rings (SSSR count). The molecule has 0 spiro atoms. The second kappa shape index (κ2) is 4.59. The van der Waals surface area contributed by atoms with Crippen molar-refractivity contribution in [3.63, 3.8) is 0 Å². The van der Waals surface area contributed by atoms with Gasteiger partial charge < -0.3 is 14.5 Å². The number of ether oxygens (including phenoxy) is 2. The van der Waals surface area contributed by atoms with Gasteiger partial charge in [0.25, 0.3) is 0 Å². The van der Waals surface area contributed by atoms with Crippen LogP contribution in [0.5, 0.6) is 0 Å². The highest BCUT2D eigenvalue weighted by molar-refractivity contribution is 5.93. The second-order valence-electron chi connectivity index (χ2n) is 5.90. The monoisotopic (exact) mass is 274 g/mol. The van der Waals surface area contributed by atoms with Crippen LogP contribution in [-0.4, -0.2) is 36.3 Å². The predicted octanol–water partition coefficient (Wildman–Crippen LogP) is 2.49. The molecule has 5 nitrogen and oxygen atoms in total. The maximum absolute atomic E-state index is 11.5. The number of carbonyl (C=O) groups is 1. The van der Waals surface area contributed by atoms with Gasteiger partial charge in [0, 0.05) is 11.3 Å². The summed E-state index contributed by atoms with van der Waals surface area (Å²) in [4.78, 5) is 19.5. The number of hydrogen-bond donors (Lipinski definition) is 1. The molecule has 0 unspecified atom stereocenters. The summed E-state index contributed by atoms with van der Waals surface area (Å²) < 4.78 is 10.3. The van der Waals surface area contributed by atoms with E-state index in [9.17, 15) is 4.79 Å². The van der Waals surface area contributed by atoms with E-state index in [2.05, 4.69) is 23.8 Å². The van der Waals surface area contributed by atoms with Crippen molar-refractivity contribution in [1.29, 1.82) is 0 Å². The number of H-pyrrole nitrogens is 1. The number of carbonyl (C=O) groups excluding carboxylic acids is 1. The maximum Gasteiger partial charge on any atom is 0.337 e. The lowest BCUT2D eigenvalue weighted by molar-refractivity contribution is 0.0601. The van der Waals surface area contributed by atoms with Crippen LogP contribution < -0.4 is 0 Å². The molecule has 1 atom stereocenters. The quantitative estimate of drug-likeness (QED) is 0.854. The molecule has 1 aliphatic rings. The third-order valence-corrected chi connectivity index (χ3v) is 3.95. The van der Waals surface area contributed by atoms with Gasteiger partial charge in [-0.25, -0.2) is 9.78 Å². The van der Waals surface area contributed by atoms with E-state index in [1.165, 1.54) is 7.11 Å². The number of imidazole rings is 1. The minimum atomic E-state index is -0.340. The van der Waals surface area contributed by atoms with Gasteiger partial charge in [-0.05, 0) is 18.2 Å². The number of nitrogens with zero attached hydrogens (tertiary/aromatic N) is 1. The van der Waals surface area contributed by atoms with Crippen LogP contribution in [0.15, 0.2) is 18.2 Å². The first-order valence-corrected chi connectivity index (χ1v) is 6.67. The van der Waals surface area contributed by atoms with Crippen molar-refractivity contribution < 1.29 is 14.3 Å². The third-order valence-electron chi connectivity index (χ3n) is 3.95. The zero-order valence-corrected chi connectivity index (χ0v) is 11.9. The smallest absolute Gasteiger partial charge is 0.337 e. The minimum absolute atomic E-state index is 0.0685. The topological polar surface area (TPSA) is 64.2 Å². The van der Waals surface area contributed by atoms with Crippen LogP contribution in [-0.2, 0) is 9.47 Å². The molecule has 0 saturated carbocycles. The Bertz CT molecular complexity index is 660. The van der Waals surface area contributed by atoms with Gasteiger partial charge in [-0.1, -0.05) is 13.8 Å². The van der Waals surface area contributed by atoms with Crippen molar-refractivity contribution >= 4 is 17.0 Å². The largest absolute Gasteiger partial charge is 0.465 e. The molecule has 1 saturated heterocycles. The Morgan fingerprint density at radius 1 is 1.50 bits per heavy atom. The van der Waals surface area contributed by atoms with Crippen molar-refractivity contribution in [2.45, 2.75) is 19.8 Å². The van der Waals surface area contributed by atoms with Gasteiger partial charge in [-0.3, -0.25) is 0 Å². The maximum atomic E-state index is 11.5. The summed E-state index contributed by atoms with van der Waals surface area (Å²) in [6.45, 7) is 5.77. The Kier molecular flexibility index (Phi) is 3.01. The number of fused-ring (bicyclic) bond motifs is 1. The van der Waals surface area contributed by atoms with E-state index in [0.29, 0.717) is 12.2 Å². The highest BCUT2D eigenvalue weighted by Crippen LogP contribution is 2.40. The fraction of sp³-hybridized carbons (Fsp3) is 0.467. The SMILES string of the molecule is COC(=O)c1ccc2nc([C@H]3COCC3(C)C)[nH]c2c1. The number of aromatic nitrogens is 2. The molecule has 0 aliphatic carbocycles. The van der Waals surface area contributed by atoms with Crippen molar-refractivity contribution in [3.8, 4) is 0 Å². The number of methoxy groups -OCH3 is 1. The van der Waals surface area contributed by atoms with Gasteiger partial charge in [0.05, 0.1) is 36.9 Å². The van der Waals surface area contributed by atoms with Gasteiger partial charge >= 0.3 is 5.97 Å². The summed E-state index contributed by atoms with van der Waals surface area (Å²) in [6, 6.07) is 5.35. The molecule has 1 N–H and O–H groups in total. The lowest BCUT2D eigenvalue weighted by atomic mass is 9.82. The molecule has 1 aromatic heterocycles. The average Bonchev–Trinajstić information content (AvgIpc) is 2.98. The summed E-state index contributed by atoms with van der Waals surface area (Å²) >= 11 is 0. The van der Waals surface area contributed by atoms with E-state index >= 15 is 0 Å². The minimum Gasteiger partial charge on any atom is -0.465 e. The molecular weight excluding hydrogens is 256 g/mol. The van der Waals surface area contributed by atoms with Gasteiger partial charge in [0.2, 0.25) is 0 Å². The Morgan fingerprint density at radius 3 is 2.95 bits per heavy atom. The van der Waals surface area contributed by atoms with Crippen LogP contribution in [0.3, 0.4) is 0 Å². The van der Waals surface area contributed by atoms with E-state index in [1.807, 2.05) is 6.07 Å². The molecule has 2 aromatic rings. The van der Waals surface area contributed by atoms with Gasteiger partial charge in [0.1, 0.15) is 5.82 Å². The Hall–Kier alpha value is -1.88. The summed E-state index contributed by atoms with van der Waals surface area (Å²) in [5.41, 5.74) is 2.30. The van der Waals surface area contributed by atoms with Crippen molar-refractivity contribution in [1.82, 2.24) is 9.97 Å². The molecule has 20 heavy (non-hydrogen) atoms. The fourth-order valence-electron chi connectivity index (χ4n) is 2.65. The molecular formula is C15H18N2O3. The van der Waals surface area contributed by atoms with Crippen LogP contribution in [0.1, 0.15) is 35.9 Å². The normalized spacial score (nSPS) is 21.2. The second-order valence-corrected chi connectivity index (χ2v) is 5.90. The van der Waals surface area contributed by atoms with Gasteiger partial charge in [-0.15, -0.1) is 0 Å². The van der Waals surface area contributed by atoms with E-state index in [4.69, 9.17) is 9.47 Å². The van der Waals surface area contributed by atoms with Gasteiger partial charge in [-0.2, -0.15) is 0 Å². The number of benzene rings is 1. The number of rotatable bonds is 2. The van der Waals surface area contributed by atoms with Crippen LogP contribution in [0.4, 0.5) is 0 Å². The lowest BCUT2D eigenvalue weighted by Gasteiger charge is -2.22. The van der Waals surface area contributed by atoms with Crippen LogP contribution in [0.25, 0.3) is 11.0 Å². The van der Waals surface area contributed by atoms with Crippen LogP contribution in [0.2, 0.25) is 0 Å². The number of nitrogens with one attached hydrogen (secondary N) is 1. The molecule has 0 amide bonds. The van der Waals surface area contributed by atoms with E-state index in [0.717, 1.165) is 23.5 Å². The molecule has 5 heteroatoms. The molecule has 2 heterocycles. The van der Waals surface area contributed by atoms with E-state index < -0.39 is 0 Å². The van der Waals surface area contributed by atoms with Crippen molar-refractivity contribution in [3.05, 3.63) is 29.6 Å². The molecule has 0 bridgehead atoms. The average molecular weight is 274 g/mol. The highest BCUT2D eigenvalue weighted by Gasteiger charge is 2.38. The molecule has 1 aliphatic heterocycles. The standard InChI is InChI=1S/C15H18N2O3/c1-15(2)8-20-7-10(15)13-16-11-5-4-9(14(18)19-3)6-12(11)17-13/h4-6,10H,7-8H2,1-3H3,(H,16,17)/t10-/m1/s1. The molecule has 1 aromatic carbocycles. The van der Waals surface area contributed by atoms with Crippen molar-refractivity contribution in [2.75, 3.05) is 20.3 Å². The summed E-state index contributed by atoms with van der Waals surface area (Å²) in [5, 5.41) is 0. The summed E-state index contributed by atoms with van der Waals surface area (Å²) in [5.74, 6) is 0.827. The number of esters is 1. The fourth-order valence-corrected chi connectivity index (χ4v) is 2.65. The lowest BCUT2D eigenvalue weighted by Crippen LogP contribution is -2.20. The van der Waals surface area contributed by atoms with Crippen LogP contribution >= 0.6 is 0 Å². The highest BCUT2D eigenvalue weighted by atomic mass is 16.5. The Labute approximate surface area is 117 Å². The first kappa shape index (κ1) is 13.1. The summed E-state index contributed by atoms with van der Waals surface area (Å²) in [7, 11) is 1.38. The van der Waals surface area contributed by atoms with Crippen LogP contribution in [0, 0.1) is 5.41 Å². The Balaban J connectivity index is 2.01. The predicted molar refractivity (Wildman–Crippen MR) is 74.8 cm³/mol. The first-order chi connectivity index (χ1) is 9.51. The number of hydrogen-bond acceptors (Lipinski definition) is 4. The molecule has 0 radical (unpaired) electrons. The van der Waals surface area contributed by atoms with E-state index in [-0.39, 0.29) is 17.3 Å². The zero-order valence-electron chi connectivity index (χ0n) is 11.9. The van der Waals surface area contributed by atoms with Gasteiger partial charge in [0.15, 0.2) is 0 Å². The molecule has 1 fully saturated rings. The number of aromatic amines is 1. The third kappa shape index (κ3) is 2.08. The Morgan fingerprint density at radius 2 is 2.30 bits per heavy atom.